The van der Waals surface area contributed by atoms with Gasteiger partial charge in [-0.3, -0.25) is 4.79 Å². The average molecular weight is 408 g/mol. The molecule has 0 saturated heterocycles. The molecule has 5 nitrogen and oxygen atoms in total. The number of carbonyl (C=O) groups is 1. The van der Waals surface area contributed by atoms with Crippen molar-refractivity contribution in [3.05, 3.63) is 58.1 Å². The second-order valence-electron chi connectivity index (χ2n) is 5.54. The van der Waals surface area contributed by atoms with E-state index in [0.29, 0.717) is 15.8 Å². The van der Waals surface area contributed by atoms with E-state index in [0.717, 1.165) is 16.5 Å². The Morgan fingerprint density at radius 1 is 1.15 bits per heavy atom. The molecule has 0 spiro atoms. The van der Waals surface area contributed by atoms with Gasteiger partial charge in [0.1, 0.15) is 0 Å². The number of aromatic hydroxyl groups is 1. The largest absolute Gasteiger partial charge is 0.493 e. The molecule has 8 heteroatoms. The van der Waals surface area contributed by atoms with Crippen LogP contribution in [0.1, 0.15) is 5.56 Å². The topological polar surface area (TPSA) is 66.9 Å². The van der Waals surface area contributed by atoms with Crippen LogP contribution in [-0.2, 0) is 17.6 Å². The highest BCUT2D eigenvalue weighted by atomic mass is 35.5. The first-order chi connectivity index (χ1) is 12.5. The molecular weight excluding hydrogens is 393 g/mol. The van der Waals surface area contributed by atoms with E-state index in [2.05, 4.69) is 10.2 Å². The van der Waals surface area contributed by atoms with E-state index in [1.54, 1.807) is 29.8 Å². The van der Waals surface area contributed by atoms with E-state index in [1.165, 1.54) is 11.8 Å². The van der Waals surface area contributed by atoms with Crippen LogP contribution in [0, 0.1) is 0 Å². The fourth-order valence-corrected chi connectivity index (χ4v) is 4.04. The zero-order chi connectivity index (χ0) is 18.7. The zero-order valence-corrected chi connectivity index (χ0v) is 16.1. The lowest BCUT2D eigenvalue weighted by Gasteiger charge is -2.05. The van der Waals surface area contributed by atoms with Gasteiger partial charge in [0.2, 0.25) is 5.88 Å². The third kappa shape index (κ3) is 3.87. The van der Waals surface area contributed by atoms with Crippen LogP contribution in [0.5, 0.6) is 5.88 Å². The van der Waals surface area contributed by atoms with Crippen molar-refractivity contribution in [2.24, 2.45) is 17.3 Å². The van der Waals surface area contributed by atoms with E-state index in [4.69, 9.17) is 23.2 Å². The number of aromatic nitrogens is 1. The van der Waals surface area contributed by atoms with Crippen LogP contribution < -0.4 is 0 Å². The fourth-order valence-electron chi connectivity index (χ4n) is 2.50. The second kappa shape index (κ2) is 8.12. The van der Waals surface area contributed by atoms with Crippen LogP contribution in [0.25, 0.3) is 10.9 Å². The lowest BCUT2D eigenvalue weighted by molar-refractivity contribution is -0.115. The Morgan fingerprint density at radius 3 is 2.58 bits per heavy atom. The molecule has 0 aliphatic heterocycles. The van der Waals surface area contributed by atoms with Crippen LogP contribution >= 0.6 is 35.0 Å². The summed E-state index contributed by atoms with van der Waals surface area (Å²) in [5.41, 5.74) is 1.89. The SMILES string of the molecule is Cn1c(O)c(N=NC(=O)CSCc2c(Cl)cccc2Cl)c2ccccc21. The van der Waals surface area contributed by atoms with Gasteiger partial charge in [0.15, 0.2) is 5.69 Å². The van der Waals surface area contributed by atoms with Crippen LogP contribution in [-0.4, -0.2) is 21.3 Å². The Morgan fingerprint density at radius 2 is 1.85 bits per heavy atom. The van der Waals surface area contributed by atoms with E-state index in [-0.39, 0.29) is 17.3 Å². The first kappa shape index (κ1) is 18.8. The minimum Gasteiger partial charge on any atom is -0.493 e. The predicted octanol–water partition coefficient (Wildman–Crippen LogP) is 5.73. The number of benzene rings is 2. The van der Waals surface area contributed by atoms with Gasteiger partial charge in [-0.05, 0) is 23.8 Å². The molecule has 0 aliphatic rings. The number of rotatable bonds is 5. The number of para-hydroxylation sites is 1. The summed E-state index contributed by atoms with van der Waals surface area (Å²) >= 11 is 13.6. The van der Waals surface area contributed by atoms with Gasteiger partial charge in [-0.15, -0.1) is 22.0 Å². The third-order valence-corrected chi connectivity index (χ3v) is 5.50. The van der Waals surface area contributed by atoms with Crippen molar-refractivity contribution in [1.82, 2.24) is 4.57 Å². The van der Waals surface area contributed by atoms with Gasteiger partial charge in [-0.1, -0.05) is 47.5 Å². The van der Waals surface area contributed by atoms with Crippen molar-refractivity contribution in [3.8, 4) is 5.88 Å². The van der Waals surface area contributed by atoms with Crippen LogP contribution in [0.2, 0.25) is 10.0 Å². The molecule has 0 atom stereocenters. The zero-order valence-electron chi connectivity index (χ0n) is 13.8. The molecule has 0 bridgehead atoms. The van der Waals surface area contributed by atoms with E-state index < -0.39 is 5.91 Å². The Labute approximate surface area is 164 Å². The number of thioether (sulfide) groups is 1. The maximum Gasteiger partial charge on any atom is 0.274 e. The van der Waals surface area contributed by atoms with Crippen molar-refractivity contribution in [3.63, 3.8) is 0 Å². The van der Waals surface area contributed by atoms with Crippen LogP contribution in [0.3, 0.4) is 0 Å². The van der Waals surface area contributed by atoms with Crippen molar-refractivity contribution in [2.75, 3.05) is 5.75 Å². The molecule has 0 fully saturated rings. The van der Waals surface area contributed by atoms with E-state index >= 15 is 0 Å². The van der Waals surface area contributed by atoms with Gasteiger partial charge >= 0.3 is 0 Å². The minimum absolute atomic E-state index is 0.0294. The number of azo groups is 1. The van der Waals surface area contributed by atoms with Gasteiger partial charge < -0.3 is 9.67 Å². The van der Waals surface area contributed by atoms with Gasteiger partial charge in [-0.2, -0.15) is 0 Å². The molecular formula is C18H15Cl2N3O2S. The van der Waals surface area contributed by atoms with Gasteiger partial charge in [0, 0.05) is 28.2 Å². The summed E-state index contributed by atoms with van der Waals surface area (Å²) in [6, 6.07) is 12.7. The molecule has 0 radical (unpaired) electrons. The summed E-state index contributed by atoms with van der Waals surface area (Å²) in [7, 11) is 1.72. The van der Waals surface area contributed by atoms with Gasteiger partial charge in [-0.25, -0.2) is 0 Å². The molecule has 134 valence electrons. The Kier molecular flexibility index (Phi) is 5.86. The third-order valence-electron chi connectivity index (χ3n) is 3.85. The van der Waals surface area contributed by atoms with Crippen molar-refractivity contribution < 1.29 is 9.90 Å². The highest BCUT2D eigenvalue weighted by molar-refractivity contribution is 7.99. The maximum atomic E-state index is 12.0. The minimum atomic E-state index is -0.398. The number of fused-ring (bicyclic) bond motifs is 1. The summed E-state index contributed by atoms with van der Waals surface area (Å²) < 4.78 is 1.60. The first-order valence-electron chi connectivity index (χ1n) is 7.70. The Bertz CT molecular complexity index is 981. The fraction of sp³-hybridized carbons (Fsp3) is 0.167. The summed E-state index contributed by atoms with van der Waals surface area (Å²) in [6.07, 6.45) is 0. The highest BCUT2D eigenvalue weighted by Crippen LogP contribution is 2.37. The maximum absolute atomic E-state index is 12.0. The number of hydrogen-bond donors (Lipinski definition) is 1. The van der Waals surface area contributed by atoms with E-state index in [1.807, 2.05) is 24.3 Å². The van der Waals surface area contributed by atoms with Gasteiger partial charge in [0.05, 0.1) is 11.3 Å². The number of amides is 1. The number of carbonyl (C=O) groups excluding carboxylic acids is 1. The molecule has 3 aromatic rings. The first-order valence-corrected chi connectivity index (χ1v) is 9.61. The normalized spacial score (nSPS) is 11.5. The molecule has 26 heavy (non-hydrogen) atoms. The number of aryl methyl sites for hydroxylation is 1. The Balaban J connectivity index is 1.67. The highest BCUT2D eigenvalue weighted by Gasteiger charge is 2.14. The number of hydrogen-bond acceptors (Lipinski definition) is 4. The molecule has 0 aliphatic carbocycles. The van der Waals surface area contributed by atoms with Crippen molar-refractivity contribution in [1.29, 1.82) is 0 Å². The molecule has 1 amide bonds. The smallest absolute Gasteiger partial charge is 0.274 e. The van der Waals surface area contributed by atoms with Crippen molar-refractivity contribution >= 4 is 57.5 Å². The monoisotopic (exact) mass is 407 g/mol. The number of nitrogens with zero attached hydrogens (tertiary/aromatic N) is 3. The lowest BCUT2D eigenvalue weighted by Crippen LogP contribution is -1.97. The Hall–Kier alpha value is -2.02. The standard InChI is InChI=1S/C18H15Cl2N3O2S/c1-23-15-8-3-2-5-11(15)17(18(23)25)22-21-16(24)10-26-9-12-13(19)6-4-7-14(12)20/h2-8,25H,9-10H2,1H3. The van der Waals surface area contributed by atoms with Gasteiger partial charge in [0.25, 0.3) is 5.91 Å². The van der Waals surface area contributed by atoms with Crippen molar-refractivity contribution in [2.45, 2.75) is 5.75 Å². The molecule has 3 rings (SSSR count). The summed E-state index contributed by atoms with van der Waals surface area (Å²) in [4.78, 5) is 12.0. The van der Waals surface area contributed by atoms with E-state index in [9.17, 15) is 9.90 Å². The predicted molar refractivity (Wildman–Crippen MR) is 107 cm³/mol. The molecule has 0 unspecified atom stereocenters. The summed E-state index contributed by atoms with van der Waals surface area (Å²) in [5.74, 6) is 0.208. The second-order valence-corrected chi connectivity index (χ2v) is 7.34. The number of halogens is 2. The van der Waals surface area contributed by atoms with Crippen LogP contribution in [0.4, 0.5) is 5.69 Å². The molecule has 1 aromatic heterocycles. The molecule has 0 saturated carbocycles. The quantitative estimate of drug-likeness (QED) is 0.548. The lowest BCUT2D eigenvalue weighted by atomic mass is 10.2. The summed E-state index contributed by atoms with van der Waals surface area (Å²) in [6.45, 7) is 0. The summed E-state index contributed by atoms with van der Waals surface area (Å²) in [5, 5.41) is 19.7. The molecule has 2 aromatic carbocycles. The molecule has 1 N–H and O–H groups in total. The van der Waals surface area contributed by atoms with Crippen LogP contribution in [0.15, 0.2) is 52.7 Å². The average Bonchev–Trinajstić information content (AvgIpc) is 2.87. The molecule has 1 heterocycles.